The summed E-state index contributed by atoms with van der Waals surface area (Å²) >= 11 is 0. The molecule has 0 bridgehead atoms. The van der Waals surface area contributed by atoms with E-state index in [-0.39, 0.29) is 13.4 Å². The lowest BCUT2D eigenvalue weighted by molar-refractivity contribution is 0.869. The molecule has 11 rings (SSSR count). The van der Waals surface area contributed by atoms with Crippen molar-refractivity contribution in [3.8, 4) is 0 Å². The summed E-state index contributed by atoms with van der Waals surface area (Å²) in [6, 6.07) is 48.1. The Kier molecular flexibility index (Phi) is 8.18. The third-order valence-electron chi connectivity index (χ3n) is 14.2. The van der Waals surface area contributed by atoms with E-state index in [4.69, 9.17) is 0 Å². The lowest BCUT2D eigenvalue weighted by atomic mass is 9.33. The molecule has 4 heteroatoms. The number of para-hydroxylation sites is 2. The van der Waals surface area contributed by atoms with E-state index in [1.165, 1.54) is 133 Å². The molecular formula is C56H52B2N2. The van der Waals surface area contributed by atoms with Gasteiger partial charge in [-0.05, 0) is 132 Å². The van der Waals surface area contributed by atoms with Crippen molar-refractivity contribution < 1.29 is 0 Å². The highest BCUT2D eigenvalue weighted by molar-refractivity contribution is 7.00. The molecule has 0 atom stereocenters. The highest BCUT2D eigenvalue weighted by Crippen LogP contribution is 2.55. The lowest BCUT2D eigenvalue weighted by Gasteiger charge is -2.49. The molecule has 0 saturated heterocycles. The van der Waals surface area contributed by atoms with Gasteiger partial charge in [0.1, 0.15) is 0 Å². The molecule has 0 unspecified atom stereocenters. The smallest absolute Gasteiger partial charge is 0.247 e. The highest BCUT2D eigenvalue weighted by atomic mass is 15.3. The SMILES string of the molecule is Cc1cc(C)c(B2c3cc4cc(C(C)C)ccc4cc3N3c4cccc5c4N(c4cc6ccc(C(C)C)cc6cc4B5c4c(C)cc(C)cc4C)c4cccc2c43)c(C)c1. The Balaban J connectivity index is 1.26. The molecule has 2 nitrogen and oxygen atoms in total. The van der Waals surface area contributed by atoms with Gasteiger partial charge in [-0.1, -0.05) is 169 Å². The molecule has 0 radical (unpaired) electrons. The predicted octanol–water partition coefficient (Wildman–Crippen LogP) is 11.0. The van der Waals surface area contributed by atoms with Gasteiger partial charge in [0.15, 0.2) is 0 Å². The molecule has 0 amide bonds. The zero-order chi connectivity index (χ0) is 41.5. The second-order valence-electron chi connectivity index (χ2n) is 18.9. The molecule has 8 aromatic rings. The van der Waals surface area contributed by atoms with Crippen LogP contribution in [0.1, 0.15) is 84.0 Å². The van der Waals surface area contributed by atoms with Gasteiger partial charge >= 0.3 is 0 Å². The Morgan fingerprint density at radius 3 is 1.12 bits per heavy atom. The molecule has 0 spiro atoms. The average Bonchev–Trinajstić information content (AvgIpc) is 3.20. The molecule has 0 fully saturated rings. The third kappa shape index (κ3) is 5.29. The van der Waals surface area contributed by atoms with Crippen LogP contribution in [-0.2, 0) is 0 Å². The van der Waals surface area contributed by atoms with Gasteiger partial charge < -0.3 is 9.80 Å². The molecule has 0 N–H and O–H groups in total. The Bertz CT molecular complexity index is 2900. The normalized spacial score (nSPS) is 13.7. The van der Waals surface area contributed by atoms with Crippen molar-refractivity contribution in [1.82, 2.24) is 0 Å². The zero-order valence-corrected chi connectivity index (χ0v) is 36.8. The van der Waals surface area contributed by atoms with Gasteiger partial charge in [0.25, 0.3) is 0 Å². The summed E-state index contributed by atoms with van der Waals surface area (Å²) in [5, 5.41) is 5.19. The molecular weight excluding hydrogens is 722 g/mol. The molecule has 0 saturated carbocycles. The van der Waals surface area contributed by atoms with Crippen molar-refractivity contribution in [3.05, 3.63) is 166 Å². The minimum atomic E-state index is 0.0737. The number of aryl methyl sites for hydroxylation is 6. The van der Waals surface area contributed by atoms with E-state index in [9.17, 15) is 0 Å². The van der Waals surface area contributed by atoms with Gasteiger partial charge in [-0.15, -0.1) is 0 Å². The standard InChI is InChI=1S/C56H52B2N2/c1-31(2)39-17-19-41-29-51-47(27-43(41)25-39)57(53-35(7)21-33(5)22-36(53)8)45-13-11-16-50-55(45)59(51)49-15-12-14-46-56(49)60(50)52-30-42-20-18-40(32(3)4)26-44(42)28-48(52)58(46)54-37(9)23-34(6)24-38(54)10/h11-32H,1-10H3. The van der Waals surface area contributed by atoms with E-state index >= 15 is 0 Å². The van der Waals surface area contributed by atoms with Crippen LogP contribution in [-0.4, -0.2) is 13.4 Å². The Morgan fingerprint density at radius 2 is 0.750 bits per heavy atom. The summed E-state index contributed by atoms with van der Waals surface area (Å²) in [6.07, 6.45) is 0. The summed E-state index contributed by atoms with van der Waals surface area (Å²) in [6.45, 7) is 23.1. The van der Waals surface area contributed by atoms with Gasteiger partial charge in [-0.2, -0.15) is 0 Å². The van der Waals surface area contributed by atoms with E-state index in [1.807, 2.05) is 0 Å². The quantitative estimate of drug-likeness (QED) is 0.164. The number of nitrogens with zero attached hydrogens (tertiary/aromatic N) is 2. The van der Waals surface area contributed by atoms with Crippen molar-refractivity contribution in [3.63, 3.8) is 0 Å². The third-order valence-corrected chi connectivity index (χ3v) is 14.2. The number of anilines is 6. The van der Waals surface area contributed by atoms with Crippen molar-refractivity contribution in [2.75, 3.05) is 9.80 Å². The van der Waals surface area contributed by atoms with E-state index in [1.54, 1.807) is 0 Å². The Morgan fingerprint density at radius 1 is 0.367 bits per heavy atom. The van der Waals surface area contributed by atoms with Crippen LogP contribution >= 0.6 is 0 Å². The highest BCUT2D eigenvalue weighted by Gasteiger charge is 2.47. The van der Waals surface area contributed by atoms with Crippen molar-refractivity contribution >= 4 is 102 Å². The maximum Gasteiger partial charge on any atom is 0.247 e. The molecule has 292 valence electrons. The molecule has 3 heterocycles. The number of fused-ring (bicyclic) bond motifs is 8. The molecule has 60 heavy (non-hydrogen) atoms. The minimum absolute atomic E-state index is 0.0737. The Hall–Kier alpha value is -5.99. The summed E-state index contributed by atoms with van der Waals surface area (Å²) in [5.41, 5.74) is 26.8. The van der Waals surface area contributed by atoms with Crippen LogP contribution in [0.4, 0.5) is 34.1 Å². The van der Waals surface area contributed by atoms with E-state index in [0.717, 1.165) is 0 Å². The van der Waals surface area contributed by atoms with Crippen LogP contribution in [0.2, 0.25) is 0 Å². The first-order valence-electron chi connectivity index (χ1n) is 22.0. The fraction of sp³-hybridized carbons (Fsp3) is 0.214. The second-order valence-corrected chi connectivity index (χ2v) is 18.9. The fourth-order valence-electron chi connectivity index (χ4n) is 11.6. The lowest BCUT2D eigenvalue weighted by Crippen LogP contribution is -2.61. The van der Waals surface area contributed by atoms with E-state index in [0.29, 0.717) is 11.8 Å². The molecule has 3 aliphatic rings. The average molecular weight is 775 g/mol. The predicted molar refractivity (Wildman–Crippen MR) is 263 cm³/mol. The van der Waals surface area contributed by atoms with Crippen LogP contribution in [0.15, 0.2) is 121 Å². The number of hydrogen-bond acceptors (Lipinski definition) is 2. The topological polar surface area (TPSA) is 6.48 Å². The van der Waals surface area contributed by atoms with Crippen molar-refractivity contribution in [2.45, 2.75) is 81.1 Å². The van der Waals surface area contributed by atoms with Crippen LogP contribution < -0.4 is 42.6 Å². The van der Waals surface area contributed by atoms with Crippen molar-refractivity contribution in [1.29, 1.82) is 0 Å². The molecule has 0 aliphatic carbocycles. The number of hydrogen-bond donors (Lipinski definition) is 0. The monoisotopic (exact) mass is 774 g/mol. The van der Waals surface area contributed by atoms with Crippen LogP contribution in [0.5, 0.6) is 0 Å². The summed E-state index contributed by atoms with van der Waals surface area (Å²) in [4.78, 5) is 5.29. The summed E-state index contributed by atoms with van der Waals surface area (Å²) in [7, 11) is 0. The van der Waals surface area contributed by atoms with Gasteiger partial charge in [0.2, 0.25) is 13.4 Å². The summed E-state index contributed by atoms with van der Waals surface area (Å²) in [5.74, 6) is 0.919. The van der Waals surface area contributed by atoms with E-state index < -0.39 is 0 Å². The van der Waals surface area contributed by atoms with Gasteiger partial charge in [0.05, 0.1) is 22.7 Å². The van der Waals surface area contributed by atoms with E-state index in [2.05, 4.69) is 200 Å². The van der Waals surface area contributed by atoms with Gasteiger partial charge in [-0.3, -0.25) is 0 Å². The van der Waals surface area contributed by atoms with Gasteiger partial charge in [-0.25, -0.2) is 0 Å². The van der Waals surface area contributed by atoms with Gasteiger partial charge in [0, 0.05) is 11.4 Å². The van der Waals surface area contributed by atoms with Crippen molar-refractivity contribution in [2.24, 2.45) is 0 Å². The number of benzene rings is 8. The molecule has 0 aromatic heterocycles. The Labute approximate surface area is 357 Å². The minimum Gasteiger partial charge on any atom is -0.307 e. The first kappa shape index (κ1) is 37.0. The van der Waals surface area contributed by atoms with Crippen LogP contribution in [0, 0.1) is 41.5 Å². The summed E-state index contributed by atoms with van der Waals surface area (Å²) < 4.78 is 0. The first-order valence-corrected chi connectivity index (χ1v) is 22.0. The maximum atomic E-state index is 2.65. The number of rotatable bonds is 4. The molecule has 3 aliphatic heterocycles. The second kappa shape index (κ2) is 13.3. The maximum absolute atomic E-state index is 2.65. The zero-order valence-electron chi connectivity index (χ0n) is 36.8. The van der Waals surface area contributed by atoms with Crippen LogP contribution in [0.3, 0.4) is 0 Å². The molecule has 8 aromatic carbocycles. The largest absolute Gasteiger partial charge is 0.307 e. The first-order chi connectivity index (χ1) is 28.9. The fourth-order valence-corrected chi connectivity index (χ4v) is 11.6. The van der Waals surface area contributed by atoms with Crippen LogP contribution in [0.25, 0.3) is 21.5 Å².